The maximum atomic E-state index is 12.5. The standard InChI is InChI=1S/C17H19N3O6/c21-15-16(22)19(12-5-2-1-3-6-12)17(23)18(15)9-10-26-14-8-4-7-13(11-14)20(24)25/h4,7-8,11-12H,1-3,5-6,9-10H2. The van der Waals surface area contributed by atoms with Crippen LogP contribution < -0.4 is 4.74 Å². The van der Waals surface area contributed by atoms with Crippen LogP contribution in [0.1, 0.15) is 32.1 Å². The number of urea groups is 1. The molecule has 9 heteroatoms. The molecule has 4 amide bonds. The summed E-state index contributed by atoms with van der Waals surface area (Å²) in [6.07, 6.45) is 4.39. The van der Waals surface area contributed by atoms with Crippen molar-refractivity contribution in [3.8, 4) is 5.75 Å². The second kappa shape index (κ2) is 7.51. The summed E-state index contributed by atoms with van der Waals surface area (Å²) >= 11 is 0. The molecular weight excluding hydrogens is 342 g/mol. The molecule has 0 spiro atoms. The Balaban J connectivity index is 1.60. The van der Waals surface area contributed by atoms with Crippen LogP contribution in [0.5, 0.6) is 5.75 Å². The number of imide groups is 2. The van der Waals surface area contributed by atoms with Crippen molar-refractivity contribution in [2.24, 2.45) is 0 Å². The topological polar surface area (TPSA) is 110 Å². The van der Waals surface area contributed by atoms with Gasteiger partial charge < -0.3 is 4.74 Å². The van der Waals surface area contributed by atoms with E-state index in [1.54, 1.807) is 6.07 Å². The quantitative estimate of drug-likeness (QED) is 0.332. The molecule has 0 N–H and O–H groups in total. The summed E-state index contributed by atoms with van der Waals surface area (Å²) in [5.74, 6) is -1.37. The first-order valence-electron chi connectivity index (χ1n) is 8.55. The van der Waals surface area contributed by atoms with Crippen LogP contribution in [-0.2, 0) is 9.59 Å². The average Bonchev–Trinajstić information content (AvgIpc) is 2.86. The van der Waals surface area contributed by atoms with Crippen LogP contribution in [0.15, 0.2) is 24.3 Å². The zero-order valence-electron chi connectivity index (χ0n) is 14.1. The number of carbonyl (C=O) groups excluding carboxylic acids is 3. The molecule has 0 bridgehead atoms. The van der Waals surface area contributed by atoms with Crippen LogP contribution in [-0.4, -0.2) is 51.8 Å². The Morgan fingerprint density at radius 1 is 1.12 bits per heavy atom. The number of carbonyl (C=O) groups is 3. The van der Waals surface area contributed by atoms with Gasteiger partial charge in [-0.05, 0) is 18.9 Å². The summed E-state index contributed by atoms with van der Waals surface area (Å²) in [6.45, 7) is -0.139. The van der Waals surface area contributed by atoms with Crippen LogP contribution in [0.3, 0.4) is 0 Å². The van der Waals surface area contributed by atoms with Gasteiger partial charge >= 0.3 is 17.8 Å². The molecular formula is C17H19N3O6. The maximum absolute atomic E-state index is 12.5. The fraction of sp³-hybridized carbons (Fsp3) is 0.471. The minimum Gasteiger partial charge on any atom is -0.491 e. The number of non-ortho nitro benzene ring substituents is 1. The van der Waals surface area contributed by atoms with Crippen molar-refractivity contribution in [1.82, 2.24) is 9.80 Å². The monoisotopic (exact) mass is 361 g/mol. The average molecular weight is 361 g/mol. The van der Waals surface area contributed by atoms with Gasteiger partial charge in [-0.2, -0.15) is 0 Å². The van der Waals surface area contributed by atoms with Gasteiger partial charge in [-0.15, -0.1) is 0 Å². The van der Waals surface area contributed by atoms with Gasteiger partial charge in [-0.1, -0.05) is 25.3 Å². The second-order valence-corrected chi connectivity index (χ2v) is 6.31. The third-order valence-electron chi connectivity index (χ3n) is 4.64. The first kappa shape index (κ1) is 17.8. The van der Waals surface area contributed by atoms with Crippen LogP contribution in [0.25, 0.3) is 0 Å². The molecule has 1 heterocycles. The van der Waals surface area contributed by atoms with Gasteiger partial charge in [0.2, 0.25) is 0 Å². The summed E-state index contributed by atoms with van der Waals surface area (Å²) in [6, 6.07) is 4.80. The summed E-state index contributed by atoms with van der Waals surface area (Å²) < 4.78 is 5.39. The second-order valence-electron chi connectivity index (χ2n) is 6.31. The number of hydrogen-bond acceptors (Lipinski definition) is 6. The summed E-state index contributed by atoms with van der Waals surface area (Å²) in [5.41, 5.74) is -0.116. The van der Waals surface area contributed by atoms with Gasteiger partial charge in [-0.25, -0.2) is 4.79 Å². The number of ether oxygens (including phenoxy) is 1. The molecule has 1 aliphatic carbocycles. The molecule has 0 atom stereocenters. The lowest BCUT2D eigenvalue weighted by molar-refractivity contribution is -0.384. The van der Waals surface area contributed by atoms with Gasteiger partial charge in [0.15, 0.2) is 0 Å². The number of hydrogen-bond donors (Lipinski definition) is 0. The van der Waals surface area contributed by atoms with E-state index in [0.717, 1.165) is 41.9 Å². The first-order valence-corrected chi connectivity index (χ1v) is 8.55. The van der Waals surface area contributed by atoms with Crippen LogP contribution >= 0.6 is 0 Å². The minimum absolute atomic E-state index is 0.0512. The zero-order valence-corrected chi connectivity index (χ0v) is 14.1. The molecule has 3 rings (SSSR count). The number of benzene rings is 1. The minimum atomic E-state index is -0.844. The number of amides is 4. The fourth-order valence-corrected chi connectivity index (χ4v) is 3.32. The lowest BCUT2D eigenvalue weighted by Crippen LogP contribution is -2.42. The highest BCUT2D eigenvalue weighted by atomic mass is 16.6. The summed E-state index contributed by atoms with van der Waals surface area (Å²) in [5, 5.41) is 10.8. The highest BCUT2D eigenvalue weighted by Crippen LogP contribution is 2.27. The van der Waals surface area contributed by atoms with E-state index in [1.807, 2.05) is 0 Å². The SMILES string of the molecule is O=C1C(=O)N(C2CCCCC2)C(=O)N1CCOc1cccc([N+](=O)[O-])c1. The predicted octanol–water partition coefficient (Wildman–Crippen LogP) is 2.10. The first-order chi connectivity index (χ1) is 12.5. The van der Waals surface area contributed by atoms with Crippen molar-refractivity contribution in [2.75, 3.05) is 13.2 Å². The Bertz CT molecular complexity index is 744. The van der Waals surface area contributed by atoms with Gasteiger partial charge in [0.25, 0.3) is 5.69 Å². The van der Waals surface area contributed by atoms with E-state index < -0.39 is 22.8 Å². The van der Waals surface area contributed by atoms with Gasteiger partial charge in [0, 0.05) is 12.1 Å². The predicted molar refractivity (Wildman–Crippen MR) is 89.4 cm³/mol. The zero-order chi connectivity index (χ0) is 18.7. The highest BCUT2D eigenvalue weighted by Gasteiger charge is 2.47. The fourth-order valence-electron chi connectivity index (χ4n) is 3.32. The summed E-state index contributed by atoms with van der Waals surface area (Å²) in [7, 11) is 0. The van der Waals surface area contributed by atoms with Crippen LogP contribution in [0, 0.1) is 10.1 Å². The lowest BCUT2D eigenvalue weighted by atomic mass is 9.94. The number of rotatable bonds is 6. The van der Waals surface area contributed by atoms with E-state index in [1.165, 1.54) is 18.2 Å². The molecule has 2 aliphatic rings. The molecule has 0 radical (unpaired) electrons. The van der Waals surface area contributed by atoms with Gasteiger partial charge in [0.1, 0.15) is 12.4 Å². The van der Waals surface area contributed by atoms with E-state index in [2.05, 4.69) is 0 Å². The Kier molecular flexibility index (Phi) is 5.15. The molecule has 1 aromatic rings. The molecule has 1 aromatic carbocycles. The lowest BCUT2D eigenvalue weighted by Gasteiger charge is -2.28. The van der Waals surface area contributed by atoms with E-state index in [0.29, 0.717) is 0 Å². The van der Waals surface area contributed by atoms with Crippen molar-refractivity contribution in [3.63, 3.8) is 0 Å². The van der Waals surface area contributed by atoms with Gasteiger partial charge in [0.05, 0.1) is 17.5 Å². The highest BCUT2D eigenvalue weighted by molar-refractivity contribution is 6.44. The van der Waals surface area contributed by atoms with E-state index in [4.69, 9.17) is 4.74 Å². The maximum Gasteiger partial charge on any atom is 0.334 e. The number of nitrogens with zero attached hydrogens (tertiary/aromatic N) is 3. The van der Waals surface area contributed by atoms with E-state index in [9.17, 15) is 24.5 Å². The molecule has 26 heavy (non-hydrogen) atoms. The number of nitro benzene ring substituents is 1. The van der Waals surface area contributed by atoms with Gasteiger partial charge in [-0.3, -0.25) is 29.5 Å². The Hall–Kier alpha value is -2.97. The molecule has 1 saturated heterocycles. The van der Waals surface area contributed by atoms with E-state index in [-0.39, 0.29) is 30.6 Å². The van der Waals surface area contributed by atoms with Crippen molar-refractivity contribution in [2.45, 2.75) is 38.1 Å². The smallest absolute Gasteiger partial charge is 0.334 e. The molecule has 1 aliphatic heterocycles. The molecule has 9 nitrogen and oxygen atoms in total. The Morgan fingerprint density at radius 3 is 2.54 bits per heavy atom. The molecule has 0 aromatic heterocycles. The molecule has 2 fully saturated rings. The van der Waals surface area contributed by atoms with Crippen LogP contribution in [0.4, 0.5) is 10.5 Å². The molecule has 138 valence electrons. The Labute approximate surface area is 149 Å². The van der Waals surface area contributed by atoms with Crippen molar-refractivity contribution >= 4 is 23.5 Å². The van der Waals surface area contributed by atoms with Crippen molar-refractivity contribution in [3.05, 3.63) is 34.4 Å². The normalized spacial score (nSPS) is 18.5. The number of nitro groups is 1. The Morgan fingerprint density at radius 2 is 1.85 bits per heavy atom. The van der Waals surface area contributed by atoms with Crippen LogP contribution in [0.2, 0.25) is 0 Å². The van der Waals surface area contributed by atoms with E-state index >= 15 is 0 Å². The molecule has 1 saturated carbocycles. The van der Waals surface area contributed by atoms with Crippen molar-refractivity contribution < 1.29 is 24.0 Å². The summed E-state index contributed by atoms with van der Waals surface area (Å²) in [4.78, 5) is 49.0. The third-order valence-corrected chi connectivity index (χ3v) is 4.64. The molecule has 0 unspecified atom stereocenters. The third kappa shape index (κ3) is 3.51. The largest absolute Gasteiger partial charge is 0.491 e. The van der Waals surface area contributed by atoms with Crippen molar-refractivity contribution in [1.29, 1.82) is 0 Å².